The molecule has 0 bridgehead atoms. The molecule has 0 radical (unpaired) electrons. The Balaban J connectivity index is 4.85. The molecule has 2 amide bonds. The van der Waals surface area contributed by atoms with Crippen molar-refractivity contribution in [1.29, 1.82) is 0 Å². The second-order valence-electron chi connectivity index (χ2n) is 7.40. The maximum atomic E-state index is 12.1. The van der Waals surface area contributed by atoms with Gasteiger partial charge in [-0.1, -0.05) is 20.8 Å². The molecule has 0 unspecified atom stereocenters. The molecule has 0 saturated carbocycles. The largest absolute Gasteiger partial charge is 0.481 e. The van der Waals surface area contributed by atoms with Gasteiger partial charge in [-0.3, -0.25) is 4.79 Å². The predicted octanol–water partition coefficient (Wildman–Crippen LogP) is 2.56. The molecule has 0 aromatic rings. The average Bonchev–Trinajstić information content (AvgIpc) is 2.13. The number of carbonyl (C=O) groups excluding carboxylic acids is 1. The molecule has 0 aliphatic heterocycles. The first kappa shape index (κ1) is 17.7. The van der Waals surface area contributed by atoms with E-state index in [1.165, 1.54) is 0 Å². The summed E-state index contributed by atoms with van der Waals surface area (Å²) in [5.41, 5.74) is -1.90. The van der Waals surface area contributed by atoms with E-state index < -0.39 is 16.9 Å². The molecular weight excluding hydrogens is 244 g/mol. The van der Waals surface area contributed by atoms with Crippen molar-refractivity contribution >= 4 is 12.0 Å². The fourth-order valence-electron chi connectivity index (χ4n) is 1.57. The van der Waals surface area contributed by atoms with Crippen LogP contribution < -0.4 is 5.32 Å². The molecule has 0 fully saturated rings. The van der Waals surface area contributed by atoms with Gasteiger partial charge in [0.15, 0.2) is 0 Å². The third-order valence-electron chi connectivity index (χ3n) is 3.57. The minimum Gasteiger partial charge on any atom is -0.481 e. The highest BCUT2D eigenvalue weighted by Gasteiger charge is 2.44. The van der Waals surface area contributed by atoms with Gasteiger partial charge >= 0.3 is 12.0 Å². The minimum absolute atomic E-state index is 0.00144. The molecule has 5 nitrogen and oxygen atoms in total. The van der Waals surface area contributed by atoms with Gasteiger partial charge in [-0.05, 0) is 33.1 Å². The normalized spacial score (nSPS) is 13.1. The molecule has 0 atom stereocenters. The predicted molar refractivity (Wildman–Crippen MR) is 76.1 cm³/mol. The number of carboxylic acid groups (broad SMARTS) is 1. The Kier molecular flexibility index (Phi) is 5.03. The summed E-state index contributed by atoms with van der Waals surface area (Å²) in [6.45, 7) is 13.4. The molecular formula is C14H28N2O3. The van der Waals surface area contributed by atoms with Gasteiger partial charge in [0.05, 0.1) is 11.0 Å². The van der Waals surface area contributed by atoms with Gasteiger partial charge in [0.25, 0.3) is 0 Å². The first-order valence-electron chi connectivity index (χ1n) is 6.47. The number of hydrogen-bond acceptors (Lipinski definition) is 2. The van der Waals surface area contributed by atoms with Crippen molar-refractivity contribution in [3.63, 3.8) is 0 Å². The van der Waals surface area contributed by atoms with Gasteiger partial charge in [0.2, 0.25) is 0 Å². The van der Waals surface area contributed by atoms with Crippen molar-refractivity contribution in [2.24, 2.45) is 10.8 Å². The van der Waals surface area contributed by atoms with E-state index >= 15 is 0 Å². The number of nitrogens with zero attached hydrogens (tertiary/aromatic N) is 1. The van der Waals surface area contributed by atoms with Crippen LogP contribution in [-0.2, 0) is 4.79 Å². The van der Waals surface area contributed by atoms with Crippen LogP contribution in [0.4, 0.5) is 4.79 Å². The third-order valence-corrected chi connectivity index (χ3v) is 3.57. The summed E-state index contributed by atoms with van der Waals surface area (Å²) >= 11 is 0. The lowest BCUT2D eigenvalue weighted by Gasteiger charge is -2.40. The molecule has 0 aliphatic rings. The summed E-state index contributed by atoms with van der Waals surface area (Å²) in [7, 11) is 1.71. The van der Waals surface area contributed by atoms with Crippen molar-refractivity contribution in [3.8, 4) is 0 Å². The molecule has 0 rings (SSSR count). The highest BCUT2D eigenvalue weighted by molar-refractivity contribution is 5.79. The fraction of sp³-hybridized carbons (Fsp3) is 0.857. The van der Waals surface area contributed by atoms with Crippen molar-refractivity contribution in [1.82, 2.24) is 10.2 Å². The molecule has 0 aromatic heterocycles. The van der Waals surface area contributed by atoms with Crippen LogP contribution in [0.25, 0.3) is 0 Å². The number of urea groups is 1. The number of hydrogen-bond donors (Lipinski definition) is 2. The van der Waals surface area contributed by atoms with Gasteiger partial charge in [-0.2, -0.15) is 0 Å². The molecule has 0 aliphatic carbocycles. The molecule has 112 valence electrons. The molecule has 19 heavy (non-hydrogen) atoms. The molecule has 2 N–H and O–H groups in total. The monoisotopic (exact) mass is 272 g/mol. The Morgan fingerprint density at radius 1 is 1.05 bits per heavy atom. The number of aliphatic carboxylic acids is 1. The van der Waals surface area contributed by atoms with Crippen molar-refractivity contribution in [2.45, 2.75) is 54.0 Å². The van der Waals surface area contributed by atoms with Gasteiger partial charge in [0, 0.05) is 13.6 Å². The first-order valence-corrected chi connectivity index (χ1v) is 6.47. The van der Waals surface area contributed by atoms with E-state index in [9.17, 15) is 14.7 Å². The Morgan fingerprint density at radius 2 is 1.47 bits per heavy atom. The van der Waals surface area contributed by atoms with E-state index in [-0.39, 0.29) is 11.4 Å². The molecule has 0 spiro atoms. The Hall–Kier alpha value is -1.26. The highest BCUT2D eigenvalue weighted by Crippen LogP contribution is 2.30. The minimum atomic E-state index is -1.05. The average molecular weight is 272 g/mol. The fourth-order valence-corrected chi connectivity index (χ4v) is 1.57. The van der Waals surface area contributed by atoms with E-state index in [1.54, 1.807) is 39.6 Å². The summed E-state index contributed by atoms with van der Waals surface area (Å²) in [5.74, 6) is -0.934. The highest BCUT2D eigenvalue weighted by atomic mass is 16.4. The summed E-state index contributed by atoms with van der Waals surface area (Å²) in [5, 5.41) is 12.1. The van der Waals surface area contributed by atoms with Crippen LogP contribution in [0, 0.1) is 10.8 Å². The Bertz CT molecular complexity index is 354. The number of carboxylic acids is 1. The van der Waals surface area contributed by atoms with Crippen molar-refractivity contribution in [3.05, 3.63) is 0 Å². The van der Waals surface area contributed by atoms with Gasteiger partial charge in [-0.15, -0.1) is 0 Å². The zero-order valence-electron chi connectivity index (χ0n) is 13.4. The number of amides is 2. The quantitative estimate of drug-likeness (QED) is 0.826. The number of carbonyl (C=O) groups is 2. The smallest absolute Gasteiger partial charge is 0.317 e. The van der Waals surface area contributed by atoms with Crippen molar-refractivity contribution < 1.29 is 14.7 Å². The van der Waals surface area contributed by atoms with E-state index in [4.69, 9.17) is 0 Å². The van der Waals surface area contributed by atoms with Crippen LogP contribution in [0.15, 0.2) is 0 Å². The number of nitrogens with one attached hydrogen (secondary N) is 1. The van der Waals surface area contributed by atoms with Crippen LogP contribution in [0.3, 0.4) is 0 Å². The maximum absolute atomic E-state index is 12.1. The molecule has 0 heterocycles. The van der Waals surface area contributed by atoms with E-state index in [0.717, 1.165) is 0 Å². The van der Waals surface area contributed by atoms with E-state index in [1.807, 2.05) is 20.8 Å². The lowest BCUT2D eigenvalue weighted by Crippen LogP contribution is -2.59. The van der Waals surface area contributed by atoms with E-state index in [0.29, 0.717) is 6.54 Å². The van der Waals surface area contributed by atoms with Crippen LogP contribution in [0.1, 0.15) is 48.5 Å². The number of rotatable bonds is 4. The summed E-state index contributed by atoms with van der Waals surface area (Å²) in [6.07, 6.45) is 0. The zero-order valence-corrected chi connectivity index (χ0v) is 13.4. The Morgan fingerprint density at radius 3 is 1.79 bits per heavy atom. The lowest BCUT2D eigenvalue weighted by atomic mass is 9.74. The molecule has 0 saturated heterocycles. The molecule has 5 heteroatoms. The zero-order chi connectivity index (χ0) is 15.6. The summed E-state index contributed by atoms with van der Waals surface area (Å²) in [6, 6.07) is -0.255. The van der Waals surface area contributed by atoms with Crippen LogP contribution >= 0.6 is 0 Å². The Labute approximate surface area is 116 Å². The van der Waals surface area contributed by atoms with Crippen LogP contribution in [-0.4, -0.2) is 41.1 Å². The second kappa shape index (κ2) is 5.39. The van der Waals surface area contributed by atoms with Gasteiger partial charge < -0.3 is 15.3 Å². The maximum Gasteiger partial charge on any atom is 0.317 e. The molecule has 0 aromatic carbocycles. The van der Waals surface area contributed by atoms with E-state index in [2.05, 4.69) is 5.32 Å². The van der Waals surface area contributed by atoms with Crippen LogP contribution in [0.2, 0.25) is 0 Å². The second-order valence-corrected chi connectivity index (χ2v) is 7.40. The summed E-state index contributed by atoms with van der Waals surface area (Å²) in [4.78, 5) is 25.0. The van der Waals surface area contributed by atoms with Crippen LogP contribution in [0.5, 0.6) is 0 Å². The lowest BCUT2D eigenvalue weighted by molar-refractivity contribution is -0.150. The summed E-state index contributed by atoms with van der Waals surface area (Å²) < 4.78 is 0. The van der Waals surface area contributed by atoms with Crippen molar-refractivity contribution in [2.75, 3.05) is 13.6 Å². The SMILES string of the molecule is CN(CC(C)(C)C)C(=O)NC(C)(C)C(C)(C)C(=O)O. The first-order chi connectivity index (χ1) is 8.21. The third kappa shape index (κ3) is 4.73. The standard InChI is InChI=1S/C14H28N2O3/c1-12(2,3)9-16(8)11(19)15-14(6,7)13(4,5)10(17)18/h9H2,1-8H3,(H,15,19)(H,17,18). The topological polar surface area (TPSA) is 69.6 Å². The van der Waals surface area contributed by atoms with Gasteiger partial charge in [0.1, 0.15) is 0 Å². The van der Waals surface area contributed by atoms with Gasteiger partial charge in [-0.25, -0.2) is 4.79 Å².